The van der Waals surface area contributed by atoms with Crippen molar-refractivity contribution in [3.05, 3.63) is 50.4 Å². The van der Waals surface area contributed by atoms with Crippen LogP contribution >= 0.6 is 38.5 Å². The van der Waals surface area contributed by atoms with Crippen LogP contribution < -0.4 is 5.32 Å². The molecule has 0 radical (unpaired) electrons. The number of furan rings is 1. The zero-order chi connectivity index (χ0) is 13.0. The molecule has 18 heavy (non-hydrogen) atoms. The monoisotopic (exact) mass is 419 g/mol. The van der Waals surface area contributed by atoms with E-state index < -0.39 is 0 Å². The largest absolute Gasteiger partial charge is 0.469 e. The van der Waals surface area contributed by atoms with E-state index in [9.17, 15) is 0 Å². The molecule has 0 aliphatic rings. The highest BCUT2D eigenvalue weighted by atomic mass is 127. The molecular weight excluding hydrogens is 405 g/mol. The van der Waals surface area contributed by atoms with E-state index in [-0.39, 0.29) is 0 Å². The number of benzene rings is 1. The van der Waals surface area contributed by atoms with Gasteiger partial charge in [-0.1, -0.05) is 0 Å². The van der Waals surface area contributed by atoms with Crippen molar-refractivity contribution in [1.82, 2.24) is 0 Å². The van der Waals surface area contributed by atoms with Gasteiger partial charge >= 0.3 is 0 Å². The van der Waals surface area contributed by atoms with Gasteiger partial charge in [0.15, 0.2) is 0 Å². The van der Waals surface area contributed by atoms with E-state index in [0.717, 1.165) is 28.8 Å². The molecule has 2 aromatic rings. The SMILES string of the molecule is CC(CCc1ccco1)Nc1ccc(I)c(Br)c1. The lowest BCUT2D eigenvalue weighted by molar-refractivity contribution is 0.495. The molecular formula is C14H15BrINO. The molecule has 96 valence electrons. The summed E-state index contributed by atoms with van der Waals surface area (Å²) < 4.78 is 7.69. The van der Waals surface area contributed by atoms with Crippen LogP contribution in [0, 0.1) is 3.57 Å². The lowest BCUT2D eigenvalue weighted by atomic mass is 10.1. The Labute approximate surface area is 129 Å². The predicted molar refractivity (Wildman–Crippen MR) is 87.0 cm³/mol. The molecule has 0 fully saturated rings. The molecule has 0 spiro atoms. The fourth-order valence-electron chi connectivity index (χ4n) is 1.76. The van der Waals surface area contributed by atoms with Gasteiger partial charge in [0.05, 0.1) is 6.26 Å². The summed E-state index contributed by atoms with van der Waals surface area (Å²) in [6.45, 7) is 2.19. The summed E-state index contributed by atoms with van der Waals surface area (Å²) in [5.41, 5.74) is 1.15. The fraction of sp³-hybridized carbons (Fsp3) is 0.286. The molecule has 0 saturated carbocycles. The minimum Gasteiger partial charge on any atom is -0.469 e. The number of nitrogens with one attached hydrogen (secondary N) is 1. The molecule has 0 bridgehead atoms. The normalized spacial score (nSPS) is 12.4. The van der Waals surface area contributed by atoms with E-state index in [0.29, 0.717) is 6.04 Å². The van der Waals surface area contributed by atoms with Gasteiger partial charge in [0.1, 0.15) is 5.76 Å². The smallest absolute Gasteiger partial charge is 0.103 e. The van der Waals surface area contributed by atoms with Crippen LogP contribution in [0.2, 0.25) is 0 Å². The van der Waals surface area contributed by atoms with Crippen LogP contribution in [0.25, 0.3) is 0 Å². The Morgan fingerprint density at radius 2 is 2.22 bits per heavy atom. The molecule has 1 heterocycles. The first-order valence-electron chi connectivity index (χ1n) is 5.89. The van der Waals surface area contributed by atoms with Gasteiger partial charge in [0.2, 0.25) is 0 Å². The second-order valence-electron chi connectivity index (χ2n) is 4.29. The summed E-state index contributed by atoms with van der Waals surface area (Å²) in [4.78, 5) is 0. The van der Waals surface area contributed by atoms with Crippen LogP contribution in [0.15, 0.2) is 45.5 Å². The summed E-state index contributed by atoms with van der Waals surface area (Å²) in [6, 6.07) is 10.7. The standard InChI is InChI=1S/C14H15BrINO/c1-10(4-6-12-3-2-8-18-12)17-11-5-7-14(16)13(15)9-11/h2-3,5,7-10,17H,4,6H2,1H3. The maximum Gasteiger partial charge on any atom is 0.103 e. The van der Waals surface area contributed by atoms with Gasteiger partial charge in [0, 0.05) is 26.2 Å². The molecule has 2 rings (SSSR count). The summed E-state index contributed by atoms with van der Waals surface area (Å²) >= 11 is 5.86. The minimum atomic E-state index is 0.419. The molecule has 0 amide bonds. The van der Waals surface area contributed by atoms with E-state index in [1.807, 2.05) is 12.1 Å². The van der Waals surface area contributed by atoms with Gasteiger partial charge in [-0.2, -0.15) is 0 Å². The number of hydrogen-bond donors (Lipinski definition) is 1. The Balaban J connectivity index is 1.86. The van der Waals surface area contributed by atoms with E-state index in [1.165, 1.54) is 3.57 Å². The minimum absolute atomic E-state index is 0.419. The van der Waals surface area contributed by atoms with E-state index in [1.54, 1.807) is 6.26 Å². The summed E-state index contributed by atoms with van der Waals surface area (Å²) in [7, 11) is 0. The number of anilines is 1. The quantitative estimate of drug-likeness (QED) is 0.683. The third-order valence-electron chi connectivity index (χ3n) is 2.74. The van der Waals surface area contributed by atoms with Gasteiger partial charge in [-0.05, 0) is 82.2 Å². The zero-order valence-corrected chi connectivity index (χ0v) is 13.9. The van der Waals surface area contributed by atoms with Crippen LogP contribution in [0.1, 0.15) is 19.1 Å². The number of hydrogen-bond acceptors (Lipinski definition) is 2. The summed E-state index contributed by atoms with van der Waals surface area (Å²) in [5.74, 6) is 1.05. The van der Waals surface area contributed by atoms with Crippen molar-refractivity contribution in [2.24, 2.45) is 0 Å². The predicted octanol–water partition coefficient (Wildman–Crippen LogP) is 5.08. The molecule has 4 heteroatoms. The molecule has 1 aromatic heterocycles. The third-order valence-corrected chi connectivity index (χ3v) is 5.07. The van der Waals surface area contributed by atoms with Crippen LogP contribution in [-0.2, 0) is 6.42 Å². The second kappa shape index (κ2) is 6.61. The van der Waals surface area contributed by atoms with Crippen LogP contribution in [0.3, 0.4) is 0 Å². The maximum absolute atomic E-state index is 5.33. The first kappa shape index (κ1) is 13.9. The second-order valence-corrected chi connectivity index (χ2v) is 6.31. The molecule has 1 aromatic carbocycles. The van der Waals surface area contributed by atoms with Crippen molar-refractivity contribution in [2.45, 2.75) is 25.8 Å². The number of rotatable bonds is 5. The van der Waals surface area contributed by atoms with E-state index in [2.05, 4.69) is 69.0 Å². The first-order chi connectivity index (χ1) is 8.65. The van der Waals surface area contributed by atoms with Crippen molar-refractivity contribution in [2.75, 3.05) is 5.32 Å². The zero-order valence-electron chi connectivity index (χ0n) is 10.1. The Morgan fingerprint density at radius 1 is 1.39 bits per heavy atom. The van der Waals surface area contributed by atoms with Crippen LogP contribution in [-0.4, -0.2) is 6.04 Å². The Bertz CT molecular complexity index is 499. The fourth-order valence-corrected chi connectivity index (χ4v) is 2.47. The molecule has 1 unspecified atom stereocenters. The van der Waals surface area contributed by atoms with Gasteiger partial charge < -0.3 is 9.73 Å². The maximum atomic E-state index is 5.33. The van der Waals surface area contributed by atoms with Crippen LogP contribution in [0.4, 0.5) is 5.69 Å². The highest BCUT2D eigenvalue weighted by Gasteiger charge is 2.05. The van der Waals surface area contributed by atoms with Crippen molar-refractivity contribution in [3.63, 3.8) is 0 Å². The molecule has 1 atom stereocenters. The molecule has 0 saturated heterocycles. The van der Waals surface area contributed by atoms with Crippen molar-refractivity contribution in [3.8, 4) is 0 Å². The van der Waals surface area contributed by atoms with Gasteiger partial charge in [-0.3, -0.25) is 0 Å². The molecule has 2 nitrogen and oxygen atoms in total. The Kier molecular flexibility index (Phi) is 5.12. The topological polar surface area (TPSA) is 25.2 Å². The van der Waals surface area contributed by atoms with Gasteiger partial charge in [-0.15, -0.1) is 0 Å². The van der Waals surface area contributed by atoms with Crippen LogP contribution in [0.5, 0.6) is 0 Å². The van der Waals surface area contributed by atoms with E-state index >= 15 is 0 Å². The van der Waals surface area contributed by atoms with Gasteiger partial charge in [-0.25, -0.2) is 0 Å². The average Bonchev–Trinajstić information content (AvgIpc) is 2.84. The molecule has 1 N–H and O–H groups in total. The first-order valence-corrected chi connectivity index (χ1v) is 7.76. The van der Waals surface area contributed by atoms with Gasteiger partial charge in [0.25, 0.3) is 0 Å². The highest BCUT2D eigenvalue weighted by molar-refractivity contribution is 14.1. The summed E-state index contributed by atoms with van der Waals surface area (Å²) in [6.07, 6.45) is 3.74. The van der Waals surface area contributed by atoms with Crippen molar-refractivity contribution >= 4 is 44.2 Å². The third kappa shape index (κ3) is 4.02. The molecule has 0 aliphatic heterocycles. The lowest BCUT2D eigenvalue weighted by Gasteiger charge is -2.15. The van der Waals surface area contributed by atoms with E-state index in [4.69, 9.17) is 4.42 Å². The molecule has 0 aliphatic carbocycles. The number of aryl methyl sites for hydroxylation is 1. The number of halogens is 2. The highest BCUT2D eigenvalue weighted by Crippen LogP contribution is 2.23. The lowest BCUT2D eigenvalue weighted by Crippen LogP contribution is -2.15. The summed E-state index contributed by atoms with van der Waals surface area (Å²) in [5, 5.41) is 3.50. The van der Waals surface area contributed by atoms with Crippen molar-refractivity contribution in [1.29, 1.82) is 0 Å². The Morgan fingerprint density at radius 3 is 2.89 bits per heavy atom. The Hall–Kier alpha value is -0.490. The van der Waals surface area contributed by atoms with Crippen molar-refractivity contribution < 1.29 is 4.42 Å². The average molecular weight is 420 g/mol.